The fourth-order valence-corrected chi connectivity index (χ4v) is 1.52. The molecule has 2 rings (SSSR count). The van der Waals surface area contributed by atoms with E-state index in [0.29, 0.717) is 0 Å². The van der Waals surface area contributed by atoms with Crippen LogP contribution in [0.1, 0.15) is 0 Å². The molecule has 7 N–H and O–H groups in total. The second-order valence-corrected chi connectivity index (χ2v) is 3.85. The molecule has 0 aliphatic rings. The average Bonchev–Trinajstić information content (AvgIpc) is 2.33. The quantitative estimate of drug-likeness (QED) is 0.324. The van der Waals surface area contributed by atoms with E-state index in [4.69, 9.17) is 0 Å². The first kappa shape index (κ1) is 12.5. The highest BCUT2D eigenvalue weighted by molar-refractivity contribution is 5.70. The van der Waals surface area contributed by atoms with E-state index in [-0.39, 0.29) is 11.4 Å². The molecule has 0 saturated carbocycles. The van der Waals surface area contributed by atoms with E-state index >= 15 is 0 Å². The molecule has 0 spiro atoms. The Bertz CT molecular complexity index is 539. The predicted molar refractivity (Wildman–Crippen MR) is 66.2 cm³/mol. The van der Waals surface area contributed by atoms with E-state index in [2.05, 4.69) is 5.32 Å². The number of anilines is 2. The maximum atomic E-state index is 9.32. The maximum Gasteiger partial charge on any atom is 0.200 e. The van der Waals surface area contributed by atoms with Gasteiger partial charge in [0.15, 0.2) is 34.5 Å². The summed E-state index contributed by atoms with van der Waals surface area (Å²) in [6, 6.07) is 4.54. The fourth-order valence-electron chi connectivity index (χ4n) is 1.52. The first-order valence-corrected chi connectivity index (χ1v) is 5.15. The Kier molecular flexibility index (Phi) is 2.88. The Hall–Kier alpha value is -2.96. The van der Waals surface area contributed by atoms with Gasteiger partial charge in [-0.2, -0.15) is 0 Å². The van der Waals surface area contributed by atoms with Crippen molar-refractivity contribution in [2.45, 2.75) is 0 Å². The van der Waals surface area contributed by atoms with Crippen molar-refractivity contribution in [1.29, 1.82) is 0 Å². The molecule has 100 valence electrons. The Morgan fingerprint density at radius 2 is 0.789 bits per heavy atom. The fraction of sp³-hybridized carbons (Fsp3) is 0. The molecule has 0 atom stereocenters. The first-order valence-electron chi connectivity index (χ1n) is 5.15. The standard InChI is InChI=1S/C12H11NO6/c14-7-1-5(2-8(15)11(7)18)13-6-3-9(16)12(19)10(17)4-6/h1-4,13-19H. The minimum atomic E-state index is -0.651. The second kappa shape index (κ2) is 4.37. The molecule has 0 amide bonds. The lowest BCUT2D eigenvalue weighted by Crippen LogP contribution is -1.90. The normalized spacial score (nSPS) is 10.3. The summed E-state index contributed by atoms with van der Waals surface area (Å²) in [5, 5.41) is 58.3. The van der Waals surface area contributed by atoms with Gasteiger partial charge in [-0.1, -0.05) is 0 Å². The van der Waals surface area contributed by atoms with Crippen molar-refractivity contribution in [2.75, 3.05) is 5.32 Å². The van der Waals surface area contributed by atoms with Crippen LogP contribution in [0.3, 0.4) is 0 Å². The predicted octanol–water partition coefficient (Wildman–Crippen LogP) is 1.66. The SMILES string of the molecule is Oc1cc(Nc2cc(O)c(O)c(O)c2)cc(O)c1O. The van der Waals surface area contributed by atoms with Crippen molar-refractivity contribution in [3.8, 4) is 34.5 Å². The summed E-state index contributed by atoms with van der Waals surface area (Å²) in [5.74, 6) is -3.43. The molecule has 0 aliphatic carbocycles. The lowest BCUT2D eigenvalue weighted by molar-refractivity contribution is 0.368. The Morgan fingerprint density at radius 1 is 0.526 bits per heavy atom. The van der Waals surface area contributed by atoms with Gasteiger partial charge in [-0.15, -0.1) is 0 Å². The highest BCUT2D eigenvalue weighted by Gasteiger charge is 2.11. The number of hydrogen-bond acceptors (Lipinski definition) is 7. The van der Waals surface area contributed by atoms with Gasteiger partial charge in [-0.3, -0.25) is 0 Å². The molecule has 7 heteroatoms. The van der Waals surface area contributed by atoms with Crippen LogP contribution in [0.15, 0.2) is 24.3 Å². The molecule has 7 nitrogen and oxygen atoms in total. The summed E-state index contributed by atoms with van der Waals surface area (Å²) in [5.41, 5.74) is 0.412. The van der Waals surface area contributed by atoms with Crippen molar-refractivity contribution in [2.24, 2.45) is 0 Å². The van der Waals surface area contributed by atoms with Crippen LogP contribution in [0.4, 0.5) is 11.4 Å². The molecular formula is C12H11NO6. The van der Waals surface area contributed by atoms with Gasteiger partial charge in [0.2, 0.25) is 0 Å². The van der Waals surface area contributed by atoms with E-state index < -0.39 is 34.5 Å². The van der Waals surface area contributed by atoms with Gasteiger partial charge in [0.25, 0.3) is 0 Å². The van der Waals surface area contributed by atoms with Crippen LogP contribution in [0.25, 0.3) is 0 Å². The zero-order valence-corrected chi connectivity index (χ0v) is 9.49. The molecule has 0 aromatic heterocycles. The van der Waals surface area contributed by atoms with Gasteiger partial charge in [-0.05, 0) is 0 Å². The minimum absolute atomic E-state index is 0.206. The smallest absolute Gasteiger partial charge is 0.200 e. The number of hydrogen-bond donors (Lipinski definition) is 7. The van der Waals surface area contributed by atoms with Crippen LogP contribution in [-0.4, -0.2) is 30.6 Å². The van der Waals surface area contributed by atoms with Crippen LogP contribution >= 0.6 is 0 Å². The van der Waals surface area contributed by atoms with Gasteiger partial charge in [-0.25, -0.2) is 0 Å². The van der Waals surface area contributed by atoms with Gasteiger partial charge in [0.05, 0.1) is 0 Å². The largest absolute Gasteiger partial charge is 0.504 e. The van der Waals surface area contributed by atoms with Crippen LogP contribution in [0, 0.1) is 0 Å². The van der Waals surface area contributed by atoms with Crippen molar-refractivity contribution in [3.05, 3.63) is 24.3 Å². The van der Waals surface area contributed by atoms with Crippen molar-refractivity contribution >= 4 is 11.4 Å². The summed E-state index contributed by atoms with van der Waals surface area (Å²) in [6.45, 7) is 0. The highest BCUT2D eigenvalue weighted by Crippen LogP contribution is 2.41. The molecule has 0 saturated heterocycles. The number of phenolic OH excluding ortho intramolecular Hbond substituents is 6. The first-order chi connectivity index (χ1) is 8.88. The summed E-state index contributed by atoms with van der Waals surface area (Å²) in [6.07, 6.45) is 0. The van der Waals surface area contributed by atoms with Crippen LogP contribution in [0.2, 0.25) is 0 Å². The molecule has 0 aliphatic heterocycles. The second-order valence-electron chi connectivity index (χ2n) is 3.85. The summed E-state index contributed by atoms with van der Waals surface area (Å²) >= 11 is 0. The van der Waals surface area contributed by atoms with Gasteiger partial charge < -0.3 is 36.0 Å². The van der Waals surface area contributed by atoms with Crippen LogP contribution < -0.4 is 5.32 Å². The van der Waals surface area contributed by atoms with Gasteiger partial charge >= 0.3 is 0 Å². The third-order valence-electron chi connectivity index (χ3n) is 2.43. The van der Waals surface area contributed by atoms with Gasteiger partial charge in [0.1, 0.15) is 0 Å². The molecule has 0 heterocycles. The summed E-state index contributed by atoms with van der Waals surface area (Å²) in [7, 11) is 0. The third-order valence-corrected chi connectivity index (χ3v) is 2.43. The highest BCUT2D eigenvalue weighted by atomic mass is 16.3. The molecule has 2 aromatic carbocycles. The molecular weight excluding hydrogens is 254 g/mol. The Balaban J connectivity index is 2.36. The molecule has 2 aromatic rings. The van der Waals surface area contributed by atoms with Gasteiger partial charge in [0, 0.05) is 35.6 Å². The van der Waals surface area contributed by atoms with Crippen molar-refractivity contribution in [1.82, 2.24) is 0 Å². The maximum absolute atomic E-state index is 9.32. The monoisotopic (exact) mass is 265 g/mol. The van der Waals surface area contributed by atoms with E-state index in [0.717, 1.165) is 24.3 Å². The number of aromatic hydroxyl groups is 6. The molecule has 19 heavy (non-hydrogen) atoms. The van der Waals surface area contributed by atoms with Crippen molar-refractivity contribution < 1.29 is 30.6 Å². The molecule has 0 unspecified atom stereocenters. The molecule has 0 radical (unpaired) electrons. The van der Waals surface area contributed by atoms with E-state index in [1.54, 1.807) is 0 Å². The zero-order valence-electron chi connectivity index (χ0n) is 9.49. The minimum Gasteiger partial charge on any atom is -0.504 e. The number of benzene rings is 2. The zero-order chi connectivity index (χ0) is 14.2. The Labute approximate surface area is 107 Å². The van der Waals surface area contributed by atoms with Crippen LogP contribution in [0.5, 0.6) is 34.5 Å². The van der Waals surface area contributed by atoms with E-state index in [1.807, 2.05) is 0 Å². The summed E-state index contributed by atoms with van der Waals surface area (Å²) < 4.78 is 0. The lowest BCUT2D eigenvalue weighted by atomic mass is 10.2. The van der Waals surface area contributed by atoms with E-state index in [9.17, 15) is 30.6 Å². The lowest BCUT2D eigenvalue weighted by Gasteiger charge is -2.10. The molecule has 0 bridgehead atoms. The van der Waals surface area contributed by atoms with Crippen LogP contribution in [-0.2, 0) is 0 Å². The molecule has 0 fully saturated rings. The summed E-state index contributed by atoms with van der Waals surface area (Å²) in [4.78, 5) is 0. The number of rotatable bonds is 2. The average molecular weight is 265 g/mol. The Morgan fingerprint density at radius 3 is 1.05 bits per heavy atom. The third kappa shape index (κ3) is 2.34. The van der Waals surface area contributed by atoms with E-state index in [1.165, 1.54) is 0 Å². The number of phenols is 6. The number of nitrogens with one attached hydrogen (secondary N) is 1. The topological polar surface area (TPSA) is 133 Å². The van der Waals surface area contributed by atoms with Crippen molar-refractivity contribution in [3.63, 3.8) is 0 Å².